The van der Waals surface area contributed by atoms with E-state index in [2.05, 4.69) is 9.80 Å². The van der Waals surface area contributed by atoms with Crippen molar-refractivity contribution in [1.29, 1.82) is 0 Å². The van der Waals surface area contributed by atoms with Gasteiger partial charge >= 0.3 is 5.56 Å². The second-order valence-corrected chi connectivity index (χ2v) is 8.96. The predicted molar refractivity (Wildman–Crippen MR) is 124 cm³/mol. The lowest BCUT2D eigenvalue weighted by Gasteiger charge is -2.36. The Morgan fingerprint density at radius 2 is 1.74 bits per heavy atom. The van der Waals surface area contributed by atoms with Crippen LogP contribution in [0.25, 0.3) is 0 Å². The van der Waals surface area contributed by atoms with Crippen LogP contribution in [0.3, 0.4) is 0 Å². The van der Waals surface area contributed by atoms with Gasteiger partial charge in [-0.2, -0.15) is 0 Å². The molecule has 1 aromatic heterocycles. The first-order valence-corrected chi connectivity index (χ1v) is 11.6. The minimum atomic E-state index is 0.0106. The number of nitrogens with zero attached hydrogens (tertiary/aromatic N) is 4. The maximum atomic E-state index is 13.1. The van der Waals surface area contributed by atoms with E-state index >= 15 is 0 Å². The van der Waals surface area contributed by atoms with Gasteiger partial charge in [0.15, 0.2) is 0 Å². The van der Waals surface area contributed by atoms with Crippen molar-refractivity contribution in [2.24, 2.45) is 7.05 Å². The molecule has 7 nitrogen and oxygen atoms in total. The lowest BCUT2D eigenvalue weighted by molar-refractivity contribution is 0.232. The van der Waals surface area contributed by atoms with Crippen LogP contribution in [0.2, 0.25) is 5.02 Å². The fraction of sp³-hybridized carbons (Fsp3) is 0.609. The molecule has 170 valence electrons. The number of rotatable bonds is 6. The van der Waals surface area contributed by atoms with Gasteiger partial charge in [0, 0.05) is 50.9 Å². The molecule has 2 aromatic rings. The third-order valence-corrected chi connectivity index (χ3v) is 6.97. The van der Waals surface area contributed by atoms with E-state index in [9.17, 15) is 4.79 Å². The molecule has 1 saturated heterocycles. The smallest absolute Gasteiger partial charge is 0.309 e. The Hall–Kier alpha value is -2.12. The van der Waals surface area contributed by atoms with E-state index in [0.717, 1.165) is 56.2 Å². The van der Waals surface area contributed by atoms with E-state index in [1.165, 1.54) is 19.3 Å². The number of aromatic nitrogens is 2. The molecule has 0 spiro atoms. The number of benzene rings is 1. The summed E-state index contributed by atoms with van der Waals surface area (Å²) in [7, 11) is 5.29. The zero-order valence-corrected chi connectivity index (χ0v) is 19.5. The van der Waals surface area contributed by atoms with Crippen molar-refractivity contribution in [2.75, 3.05) is 45.3 Å². The van der Waals surface area contributed by atoms with E-state index in [1.54, 1.807) is 14.2 Å². The molecular weight excluding hydrogens is 416 g/mol. The Bertz CT molecular complexity index is 956. The molecule has 0 bridgehead atoms. The molecule has 1 saturated carbocycles. The number of piperazine rings is 1. The maximum Gasteiger partial charge on any atom is 0.309 e. The van der Waals surface area contributed by atoms with Crippen LogP contribution in [0.1, 0.15) is 43.8 Å². The Balaban J connectivity index is 1.48. The van der Waals surface area contributed by atoms with E-state index in [-0.39, 0.29) is 11.6 Å². The van der Waals surface area contributed by atoms with Crippen LogP contribution in [0, 0.1) is 0 Å². The highest BCUT2D eigenvalue weighted by Gasteiger charge is 2.28. The first-order valence-electron chi connectivity index (χ1n) is 11.2. The maximum absolute atomic E-state index is 13.1. The van der Waals surface area contributed by atoms with Crippen molar-refractivity contribution in [3.05, 3.63) is 39.3 Å². The normalized spacial score (nSPS) is 18.4. The molecule has 0 N–H and O–H groups in total. The van der Waals surface area contributed by atoms with Crippen LogP contribution < -0.4 is 19.9 Å². The van der Waals surface area contributed by atoms with Crippen LogP contribution in [-0.4, -0.2) is 54.7 Å². The summed E-state index contributed by atoms with van der Waals surface area (Å²) in [5, 5.41) is 0.676. The van der Waals surface area contributed by atoms with Crippen LogP contribution in [0.4, 0.5) is 5.69 Å². The average Bonchev–Trinajstić information content (AvgIpc) is 3.03. The van der Waals surface area contributed by atoms with Gasteiger partial charge in [-0.3, -0.25) is 14.4 Å². The Kier molecular flexibility index (Phi) is 6.82. The van der Waals surface area contributed by atoms with Gasteiger partial charge in [0.05, 0.1) is 31.6 Å². The summed E-state index contributed by atoms with van der Waals surface area (Å²) in [4.78, 5) is 17.8. The SMILES string of the molecule is COc1cc(Cl)ccc1N1CCN(Cc2c(OC)c(=O)n(C3CCCCC3)n2C)CC1. The van der Waals surface area contributed by atoms with Gasteiger partial charge < -0.3 is 14.4 Å². The van der Waals surface area contributed by atoms with Crippen molar-refractivity contribution in [2.45, 2.75) is 44.7 Å². The molecule has 0 unspecified atom stereocenters. The number of hydrogen-bond acceptors (Lipinski definition) is 5. The zero-order chi connectivity index (χ0) is 22.0. The summed E-state index contributed by atoms with van der Waals surface area (Å²) < 4.78 is 15.1. The number of ether oxygens (including phenoxy) is 2. The molecule has 4 rings (SSSR count). The summed E-state index contributed by atoms with van der Waals surface area (Å²) in [6.07, 6.45) is 5.79. The fourth-order valence-electron chi connectivity index (χ4n) is 5.03. The van der Waals surface area contributed by atoms with Gasteiger partial charge in [0.1, 0.15) is 5.75 Å². The lowest BCUT2D eigenvalue weighted by atomic mass is 9.96. The standard InChI is InChI=1S/C23H33ClN4O3/c1-25-20(22(31-3)23(29)28(25)18-7-5-4-6-8-18)16-26-11-13-27(14-12-26)19-10-9-17(24)15-21(19)30-2/h9-10,15,18H,4-8,11-14,16H2,1-3H3. The molecule has 0 radical (unpaired) electrons. The van der Waals surface area contributed by atoms with Crippen LogP contribution >= 0.6 is 11.6 Å². The minimum Gasteiger partial charge on any atom is -0.495 e. The topological polar surface area (TPSA) is 51.9 Å². The molecule has 1 aromatic carbocycles. The molecule has 0 atom stereocenters. The largest absolute Gasteiger partial charge is 0.495 e. The highest BCUT2D eigenvalue weighted by molar-refractivity contribution is 6.30. The summed E-state index contributed by atoms with van der Waals surface area (Å²) in [6.45, 7) is 4.28. The highest BCUT2D eigenvalue weighted by atomic mass is 35.5. The first-order chi connectivity index (χ1) is 15.0. The lowest BCUT2D eigenvalue weighted by Crippen LogP contribution is -2.46. The Labute approximate surface area is 189 Å². The third kappa shape index (κ3) is 4.44. The number of hydrogen-bond donors (Lipinski definition) is 0. The fourth-order valence-corrected chi connectivity index (χ4v) is 5.19. The summed E-state index contributed by atoms with van der Waals surface area (Å²) in [5.74, 6) is 1.30. The molecule has 1 aliphatic heterocycles. The number of methoxy groups -OCH3 is 2. The summed E-state index contributed by atoms with van der Waals surface area (Å²) in [6, 6.07) is 6.06. The van der Waals surface area contributed by atoms with Gasteiger partial charge in [0.25, 0.3) is 0 Å². The molecular formula is C23H33ClN4O3. The quantitative estimate of drug-likeness (QED) is 0.674. The van der Waals surface area contributed by atoms with Crippen LogP contribution in [0.15, 0.2) is 23.0 Å². The molecule has 31 heavy (non-hydrogen) atoms. The molecule has 0 amide bonds. The zero-order valence-electron chi connectivity index (χ0n) is 18.8. The monoisotopic (exact) mass is 448 g/mol. The van der Waals surface area contributed by atoms with Crippen molar-refractivity contribution < 1.29 is 9.47 Å². The van der Waals surface area contributed by atoms with Gasteiger partial charge in [-0.1, -0.05) is 30.9 Å². The number of anilines is 1. The minimum absolute atomic E-state index is 0.0106. The van der Waals surface area contributed by atoms with E-state index in [4.69, 9.17) is 21.1 Å². The summed E-state index contributed by atoms with van der Waals surface area (Å²) in [5.41, 5.74) is 2.05. The molecule has 2 aliphatic rings. The Morgan fingerprint density at radius 1 is 1.03 bits per heavy atom. The van der Waals surface area contributed by atoms with Gasteiger partial charge in [0.2, 0.25) is 5.75 Å². The van der Waals surface area contributed by atoms with E-state index < -0.39 is 0 Å². The summed E-state index contributed by atoms with van der Waals surface area (Å²) >= 11 is 6.11. The molecule has 8 heteroatoms. The first kappa shape index (κ1) is 22.1. The Morgan fingerprint density at radius 3 is 2.39 bits per heavy atom. The van der Waals surface area contributed by atoms with Crippen LogP contribution in [0.5, 0.6) is 11.5 Å². The number of halogens is 1. The average molecular weight is 449 g/mol. The van der Waals surface area contributed by atoms with Gasteiger partial charge in [-0.05, 0) is 25.0 Å². The van der Waals surface area contributed by atoms with Crippen LogP contribution in [-0.2, 0) is 13.6 Å². The molecule has 2 fully saturated rings. The second-order valence-electron chi connectivity index (χ2n) is 8.52. The van der Waals surface area contributed by atoms with Crippen molar-refractivity contribution in [3.8, 4) is 11.5 Å². The predicted octanol–water partition coefficient (Wildman–Crippen LogP) is 3.68. The van der Waals surface area contributed by atoms with Crippen molar-refractivity contribution in [1.82, 2.24) is 14.3 Å². The highest BCUT2D eigenvalue weighted by Crippen LogP contribution is 2.32. The molecule has 1 aliphatic carbocycles. The second kappa shape index (κ2) is 9.57. The molecule has 2 heterocycles. The van der Waals surface area contributed by atoms with E-state index in [1.807, 2.05) is 34.6 Å². The van der Waals surface area contributed by atoms with Gasteiger partial charge in [-0.25, -0.2) is 4.68 Å². The van der Waals surface area contributed by atoms with Crippen molar-refractivity contribution >= 4 is 17.3 Å². The van der Waals surface area contributed by atoms with E-state index in [0.29, 0.717) is 17.3 Å². The third-order valence-electron chi connectivity index (χ3n) is 6.73. The van der Waals surface area contributed by atoms with Gasteiger partial charge in [-0.15, -0.1) is 0 Å². The van der Waals surface area contributed by atoms with Crippen molar-refractivity contribution in [3.63, 3.8) is 0 Å².